The SMILES string of the molecule is O=C(Nc1nnc(-c2ccc3c(c2)OCO3)s1)C1CCCN1S(=O)(=O)c1ccc(F)cc1. The normalized spacial score (nSPS) is 18.1. The van der Waals surface area contributed by atoms with Crippen LogP contribution in [0, 0.1) is 5.82 Å². The summed E-state index contributed by atoms with van der Waals surface area (Å²) in [5, 5.41) is 11.6. The van der Waals surface area contributed by atoms with Crippen LogP contribution in [0.15, 0.2) is 47.4 Å². The second-order valence-electron chi connectivity index (χ2n) is 7.20. The van der Waals surface area contributed by atoms with Gasteiger partial charge in [0.15, 0.2) is 11.5 Å². The summed E-state index contributed by atoms with van der Waals surface area (Å²) < 4.78 is 50.9. The van der Waals surface area contributed by atoms with Crippen LogP contribution in [0.3, 0.4) is 0 Å². The first kappa shape index (κ1) is 20.8. The number of nitrogens with zero attached hydrogens (tertiary/aromatic N) is 3. The van der Waals surface area contributed by atoms with E-state index in [2.05, 4.69) is 15.5 Å². The molecule has 1 N–H and O–H groups in total. The zero-order valence-electron chi connectivity index (χ0n) is 16.5. The smallest absolute Gasteiger partial charge is 0.244 e. The fourth-order valence-electron chi connectivity index (χ4n) is 3.64. The van der Waals surface area contributed by atoms with Crippen molar-refractivity contribution in [2.24, 2.45) is 0 Å². The lowest BCUT2D eigenvalue weighted by atomic mass is 10.2. The Balaban J connectivity index is 1.32. The molecule has 0 aliphatic carbocycles. The topological polar surface area (TPSA) is 111 Å². The fraction of sp³-hybridized carbons (Fsp3) is 0.250. The number of rotatable bonds is 5. The summed E-state index contributed by atoms with van der Waals surface area (Å²) >= 11 is 1.17. The van der Waals surface area contributed by atoms with Crippen LogP contribution in [-0.4, -0.2) is 48.2 Å². The summed E-state index contributed by atoms with van der Waals surface area (Å²) in [4.78, 5) is 12.8. The van der Waals surface area contributed by atoms with Crippen LogP contribution in [0.5, 0.6) is 11.5 Å². The van der Waals surface area contributed by atoms with Gasteiger partial charge in [0.25, 0.3) is 0 Å². The van der Waals surface area contributed by atoms with E-state index in [0.717, 1.165) is 22.0 Å². The van der Waals surface area contributed by atoms with Gasteiger partial charge in [-0.15, -0.1) is 10.2 Å². The molecule has 0 saturated carbocycles. The van der Waals surface area contributed by atoms with E-state index in [1.54, 1.807) is 12.1 Å². The second kappa shape index (κ2) is 8.11. The van der Waals surface area contributed by atoms with Gasteiger partial charge in [-0.05, 0) is 55.3 Å². The highest BCUT2D eigenvalue weighted by Crippen LogP contribution is 2.37. The van der Waals surface area contributed by atoms with Gasteiger partial charge in [-0.3, -0.25) is 10.1 Å². The average molecular weight is 477 g/mol. The molecule has 1 amide bonds. The highest BCUT2D eigenvalue weighted by molar-refractivity contribution is 7.89. The molecule has 12 heteroatoms. The maximum atomic E-state index is 13.2. The van der Waals surface area contributed by atoms with Crippen molar-refractivity contribution < 1.29 is 27.1 Å². The number of hydrogen-bond acceptors (Lipinski definition) is 8. The molecule has 1 atom stereocenters. The third-order valence-electron chi connectivity index (χ3n) is 5.20. The molecule has 3 heterocycles. The number of carbonyl (C=O) groups is 1. The Morgan fingerprint density at radius 1 is 1.12 bits per heavy atom. The Hall–Kier alpha value is -3.09. The van der Waals surface area contributed by atoms with Crippen LogP contribution in [0.2, 0.25) is 0 Å². The van der Waals surface area contributed by atoms with Crippen molar-refractivity contribution in [2.45, 2.75) is 23.8 Å². The second-order valence-corrected chi connectivity index (χ2v) is 10.1. The van der Waals surface area contributed by atoms with Gasteiger partial charge in [0.1, 0.15) is 16.9 Å². The number of carbonyl (C=O) groups excluding carboxylic acids is 1. The molecule has 0 bridgehead atoms. The molecule has 0 spiro atoms. The summed E-state index contributed by atoms with van der Waals surface area (Å²) in [5.74, 6) is 0.238. The molecule has 0 radical (unpaired) electrons. The lowest BCUT2D eigenvalue weighted by Crippen LogP contribution is -2.43. The van der Waals surface area contributed by atoms with Crippen LogP contribution < -0.4 is 14.8 Å². The minimum Gasteiger partial charge on any atom is -0.454 e. The van der Waals surface area contributed by atoms with Gasteiger partial charge >= 0.3 is 0 Å². The van der Waals surface area contributed by atoms with E-state index in [-0.39, 0.29) is 23.4 Å². The van der Waals surface area contributed by atoms with Gasteiger partial charge in [0.2, 0.25) is 27.9 Å². The summed E-state index contributed by atoms with van der Waals surface area (Å²) in [6, 6.07) is 9.03. The number of nitrogens with one attached hydrogen (secondary N) is 1. The van der Waals surface area contributed by atoms with Gasteiger partial charge in [0, 0.05) is 12.1 Å². The van der Waals surface area contributed by atoms with Crippen molar-refractivity contribution in [1.82, 2.24) is 14.5 Å². The molecule has 1 saturated heterocycles. The number of hydrogen-bond donors (Lipinski definition) is 1. The molecule has 3 aromatic rings. The minimum atomic E-state index is -3.94. The highest BCUT2D eigenvalue weighted by Gasteiger charge is 2.39. The molecule has 1 aromatic heterocycles. The number of ether oxygens (including phenoxy) is 2. The van der Waals surface area contributed by atoms with Gasteiger partial charge in [0.05, 0.1) is 4.90 Å². The largest absolute Gasteiger partial charge is 0.454 e. The molecular formula is C20H17FN4O5S2. The third kappa shape index (κ3) is 3.80. The molecule has 1 unspecified atom stereocenters. The lowest BCUT2D eigenvalue weighted by Gasteiger charge is -2.22. The lowest BCUT2D eigenvalue weighted by molar-refractivity contribution is -0.119. The monoisotopic (exact) mass is 476 g/mol. The van der Waals surface area contributed by atoms with Crippen molar-refractivity contribution in [3.05, 3.63) is 48.3 Å². The average Bonchev–Trinajstić information content (AvgIpc) is 3.53. The first-order valence-corrected chi connectivity index (χ1v) is 12.0. The molecule has 1 fully saturated rings. The van der Waals surface area contributed by atoms with E-state index in [9.17, 15) is 17.6 Å². The van der Waals surface area contributed by atoms with E-state index < -0.39 is 27.8 Å². The molecular weight excluding hydrogens is 459 g/mol. The van der Waals surface area contributed by atoms with Gasteiger partial charge in [-0.1, -0.05) is 11.3 Å². The number of aromatic nitrogens is 2. The molecule has 2 aliphatic rings. The van der Waals surface area contributed by atoms with Crippen molar-refractivity contribution in [3.63, 3.8) is 0 Å². The number of sulfonamides is 1. The van der Waals surface area contributed by atoms with E-state index in [1.807, 2.05) is 6.07 Å². The molecule has 32 heavy (non-hydrogen) atoms. The molecule has 2 aliphatic heterocycles. The Morgan fingerprint density at radius 3 is 2.72 bits per heavy atom. The molecule has 5 rings (SSSR count). The highest BCUT2D eigenvalue weighted by atomic mass is 32.2. The maximum absolute atomic E-state index is 13.2. The number of halogens is 1. The number of amides is 1. The van der Waals surface area contributed by atoms with Crippen molar-refractivity contribution >= 4 is 32.4 Å². The predicted octanol–water partition coefficient (Wildman–Crippen LogP) is 2.86. The number of benzene rings is 2. The molecule has 9 nitrogen and oxygen atoms in total. The Morgan fingerprint density at radius 2 is 1.91 bits per heavy atom. The zero-order chi connectivity index (χ0) is 22.3. The first-order valence-electron chi connectivity index (χ1n) is 9.73. The Bertz CT molecular complexity index is 1280. The van der Waals surface area contributed by atoms with Crippen LogP contribution in [0.1, 0.15) is 12.8 Å². The quantitative estimate of drug-likeness (QED) is 0.603. The maximum Gasteiger partial charge on any atom is 0.244 e. The van der Waals surface area contributed by atoms with E-state index in [1.165, 1.54) is 23.5 Å². The van der Waals surface area contributed by atoms with Crippen LogP contribution >= 0.6 is 11.3 Å². The van der Waals surface area contributed by atoms with Gasteiger partial charge in [-0.2, -0.15) is 4.31 Å². The van der Waals surface area contributed by atoms with Gasteiger partial charge in [-0.25, -0.2) is 12.8 Å². The summed E-state index contributed by atoms with van der Waals surface area (Å²) in [5.41, 5.74) is 0.758. The van der Waals surface area contributed by atoms with Crippen LogP contribution in [0.4, 0.5) is 9.52 Å². The van der Waals surface area contributed by atoms with E-state index in [0.29, 0.717) is 29.3 Å². The summed E-state index contributed by atoms with van der Waals surface area (Å²) in [7, 11) is -3.94. The molecule has 2 aromatic carbocycles. The number of fused-ring (bicyclic) bond motifs is 1. The standard InChI is InChI=1S/C20H17FN4O5S2/c21-13-4-6-14(7-5-13)32(27,28)25-9-1-2-15(25)18(26)22-20-24-23-19(31-20)12-3-8-16-17(10-12)30-11-29-16/h3-8,10,15H,1-2,9,11H2,(H,22,24,26). The Kier molecular flexibility index (Phi) is 5.27. The molecule has 166 valence electrons. The minimum absolute atomic E-state index is 0.0559. The summed E-state index contributed by atoms with van der Waals surface area (Å²) in [6.45, 7) is 0.366. The van der Waals surface area contributed by atoms with E-state index >= 15 is 0 Å². The first-order chi connectivity index (χ1) is 15.4. The van der Waals surface area contributed by atoms with E-state index in [4.69, 9.17) is 9.47 Å². The van der Waals surface area contributed by atoms with Crippen molar-refractivity contribution in [3.8, 4) is 22.1 Å². The Labute approximate surface area is 186 Å². The fourth-order valence-corrected chi connectivity index (χ4v) is 6.04. The van der Waals surface area contributed by atoms with Gasteiger partial charge < -0.3 is 9.47 Å². The zero-order valence-corrected chi connectivity index (χ0v) is 18.2. The van der Waals surface area contributed by atoms with Crippen molar-refractivity contribution in [1.29, 1.82) is 0 Å². The van der Waals surface area contributed by atoms with Crippen molar-refractivity contribution in [2.75, 3.05) is 18.7 Å². The van der Waals surface area contributed by atoms with Crippen LogP contribution in [-0.2, 0) is 14.8 Å². The summed E-state index contributed by atoms with van der Waals surface area (Å²) in [6.07, 6.45) is 0.914. The predicted molar refractivity (Wildman–Crippen MR) is 113 cm³/mol. The number of anilines is 1. The van der Waals surface area contributed by atoms with Crippen LogP contribution in [0.25, 0.3) is 10.6 Å². The third-order valence-corrected chi connectivity index (χ3v) is 8.01.